The Kier molecular flexibility index (Phi) is 7.40. The van der Waals surface area contributed by atoms with Gasteiger partial charge in [-0.2, -0.15) is 0 Å². The highest BCUT2D eigenvalue weighted by molar-refractivity contribution is 5.92. The fourth-order valence-electron chi connectivity index (χ4n) is 4.86. The number of aryl methyl sites for hydroxylation is 1. The fourth-order valence-corrected chi connectivity index (χ4v) is 4.86. The summed E-state index contributed by atoms with van der Waals surface area (Å²) in [6.45, 7) is 4.48. The number of aromatic carboxylic acids is 1. The molecule has 9 nitrogen and oxygen atoms in total. The molecule has 1 aliphatic carbocycles. The van der Waals surface area contributed by atoms with E-state index in [2.05, 4.69) is 15.3 Å². The van der Waals surface area contributed by atoms with Crippen LogP contribution < -0.4 is 11.1 Å². The Labute approximate surface area is 209 Å². The van der Waals surface area contributed by atoms with Gasteiger partial charge in [-0.3, -0.25) is 14.5 Å². The van der Waals surface area contributed by atoms with Crippen LogP contribution in [0.25, 0.3) is 0 Å². The lowest BCUT2D eigenvalue weighted by atomic mass is 9.97. The average molecular weight is 488 g/mol. The van der Waals surface area contributed by atoms with Crippen LogP contribution >= 0.6 is 0 Å². The molecule has 0 radical (unpaired) electrons. The first-order valence-corrected chi connectivity index (χ1v) is 11.8. The molecule has 36 heavy (non-hydrogen) atoms. The molecular weight excluding hydrogens is 458 g/mol. The standard InChI is InChI=1S/C27H29N5O4/c1-16-4-3-5-18(10-16)12-29-26(34)23-11-19(30-15-31-23)13-32(14-25(28)33)24-9-8-20-17(2)21(27(35)36)6-7-22(20)24/h3-7,10-11,15,24H,8-9,12-14H2,1-2H3,(H2,28,33)(H,29,34)(H,35,36). The summed E-state index contributed by atoms with van der Waals surface area (Å²) in [6, 6.07) is 12.8. The van der Waals surface area contributed by atoms with Gasteiger partial charge in [-0.15, -0.1) is 0 Å². The minimum absolute atomic E-state index is 0.00271. The Morgan fingerprint density at radius 3 is 2.67 bits per heavy atom. The monoisotopic (exact) mass is 487 g/mol. The summed E-state index contributed by atoms with van der Waals surface area (Å²) in [4.78, 5) is 46.5. The van der Waals surface area contributed by atoms with E-state index in [-0.39, 0.29) is 36.3 Å². The van der Waals surface area contributed by atoms with E-state index >= 15 is 0 Å². The number of rotatable bonds is 9. The van der Waals surface area contributed by atoms with E-state index in [0.29, 0.717) is 18.7 Å². The first-order valence-electron chi connectivity index (χ1n) is 11.8. The minimum atomic E-state index is -0.957. The number of nitrogens with zero attached hydrogens (tertiary/aromatic N) is 3. The summed E-state index contributed by atoms with van der Waals surface area (Å²) >= 11 is 0. The van der Waals surface area contributed by atoms with E-state index in [1.807, 2.05) is 49.1 Å². The predicted octanol–water partition coefficient (Wildman–Crippen LogP) is 2.70. The van der Waals surface area contributed by atoms with Crippen LogP contribution in [-0.2, 0) is 24.3 Å². The number of amides is 2. The molecule has 186 valence electrons. The molecular formula is C27H29N5O4. The van der Waals surface area contributed by atoms with Gasteiger partial charge in [0.25, 0.3) is 5.91 Å². The molecule has 4 rings (SSSR count). The van der Waals surface area contributed by atoms with Gasteiger partial charge in [0.05, 0.1) is 17.8 Å². The van der Waals surface area contributed by atoms with Gasteiger partial charge in [-0.05, 0) is 61.1 Å². The summed E-state index contributed by atoms with van der Waals surface area (Å²) in [6.07, 6.45) is 2.77. The zero-order chi connectivity index (χ0) is 25.8. The first kappa shape index (κ1) is 25.0. The average Bonchev–Trinajstić information content (AvgIpc) is 3.27. The van der Waals surface area contributed by atoms with Crippen LogP contribution in [0.2, 0.25) is 0 Å². The molecule has 0 saturated heterocycles. The second-order valence-electron chi connectivity index (χ2n) is 9.10. The summed E-state index contributed by atoms with van der Waals surface area (Å²) in [7, 11) is 0. The molecule has 0 saturated carbocycles. The third kappa shape index (κ3) is 5.58. The largest absolute Gasteiger partial charge is 0.478 e. The van der Waals surface area contributed by atoms with Crippen molar-refractivity contribution >= 4 is 17.8 Å². The normalized spacial score (nSPS) is 14.5. The van der Waals surface area contributed by atoms with E-state index in [4.69, 9.17) is 5.73 Å². The molecule has 1 aromatic heterocycles. The molecule has 1 aliphatic rings. The van der Waals surface area contributed by atoms with Gasteiger partial charge >= 0.3 is 5.97 Å². The van der Waals surface area contributed by atoms with Crippen molar-refractivity contribution in [2.24, 2.45) is 5.73 Å². The summed E-state index contributed by atoms with van der Waals surface area (Å²) < 4.78 is 0. The third-order valence-corrected chi connectivity index (χ3v) is 6.55. The van der Waals surface area contributed by atoms with Gasteiger partial charge in [-0.25, -0.2) is 14.8 Å². The maximum atomic E-state index is 12.7. The predicted molar refractivity (Wildman–Crippen MR) is 133 cm³/mol. The number of carbonyl (C=O) groups is 3. The van der Waals surface area contributed by atoms with Gasteiger partial charge in [0.1, 0.15) is 12.0 Å². The Hall–Kier alpha value is -4.11. The van der Waals surface area contributed by atoms with Gasteiger partial charge in [0.15, 0.2) is 0 Å². The highest BCUT2D eigenvalue weighted by Gasteiger charge is 2.31. The van der Waals surface area contributed by atoms with Gasteiger partial charge < -0.3 is 16.2 Å². The van der Waals surface area contributed by atoms with Crippen LogP contribution in [0.3, 0.4) is 0 Å². The van der Waals surface area contributed by atoms with Crippen LogP contribution in [0.4, 0.5) is 0 Å². The molecule has 9 heteroatoms. The van der Waals surface area contributed by atoms with E-state index in [1.54, 1.807) is 12.1 Å². The van der Waals surface area contributed by atoms with Crippen molar-refractivity contribution in [2.45, 2.75) is 45.8 Å². The molecule has 0 fully saturated rings. The minimum Gasteiger partial charge on any atom is -0.478 e. The van der Waals surface area contributed by atoms with Crippen molar-refractivity contribution in [2.75, 3.05) is 6.54 Å². The molecule has 3 aromatic rings. The molecule has 2 aromatic carbocycles. The molecule has 0 bridgehead atoms. The van der Waals surface area contributed by atoms with Crippen molar-refractivity contribution in [1.29, 1.82) is 0 Å². The number of nitrogens with two attached hydrogens (primary N) is 1. The molecule has 2 amide bonds. The van der Waals surface area contributed by atoms with Crippen molar-refractivity contribution in [3.8, 4) is 0 Å². The SMILES string of the molecule is Cc1cccc(CNC(=O)c2cc(CN(CC(N)=O)C3CCc4c3ccc(C(=O)O)c4C)ncn2)c1. The molecule has 0 aliphatic heterocycles. The van der Waals surface area contributed by atoms with E-state index in [9.17, 15) is 19.5 Å². The number of carbonyl (C=O) groups excluding carboxylic acids is 2. The van der Waals surface area contributed by atoms with Crippen LogP contribution in [0, 0.1) is 13.8 Å². The highest BCUT2D eigenvalue weighted by Crippen LogP contribution is 2.39. The number of hydrogen-bond donors (Lipinski definition) is 3. The Morgan fingerprint density at radius 1 is 1.14 bits per heavy atom. The van der Waals surface area contributed by atoms with Crippen LogP contribution in [0.5, 0.6) is 0 Å². The quantitative estimate of drug-likeness (QED) is 0.422. The van der Waals surface area contributed by atoms with Gasteiger partial charge in [0.2, 0.25) is 5.91 Å². The zero-order valence-electron chi connectivity index (χ0n) is 20.3. The van der Waals surface area contributed by atoms with E-state index in [0.717, 1.165) is 34.2 Å². The summed E-state index contributed by atoms with van der Waals surface area (Å²) in [5, 5.41) is 12.3. The van der Waals surface area contributed by atoms with Crippen LogP contribution in [0.15, 0.2) is 48.8 Å². The zero-order valence-corrected chi connectivity index (χ0v) is 20.3. The van der Waals surface area contributed by atoms with Crippen molar-refractivity contribution < 1.29 is 19.5 Å². The third-order valence-electron chi connectivity index (χ3n) is 6.55. The molecule has 4 N–H and O–H groups in total. The fraction of sp³-hybridized carbons (Fsp3) is 0.296. The highest BCUT2D eigenvalue weighted by atomic mass is 16.4. The van der Waals surface area contributed by atoms with Crippen molar-refractivity contribution in [3.63, 3.8) is 0 Å². The van der Waals surface area contributed by atoms with Gasteiger partial charge in [0, 0.05) is 19.1 Å². The number of hydrogen-bond acceptors (Lipinski definition) is 6. The Morgan fingerprint density at radius 2 is 1.94 bits per heavy atom. The molecule has 1 unspecified atom stereocenters. The van der Waals surface area contributed by atoms with E-state index < -0.39 is 11.9 Å². The number of carboxylic acid groups (broad SMARTS) is 1. The number of nitrogens with one attached hydrogen (secondary N) is 1. The maximum Gasteiger partial charge on any atom is 0.335 e. The second-order valence-corrected chi connectivity index (χ2v) is 9.10. The number of benzene rings is 2. The summed E-state index contributed by atoms with van der Waals surface area (Å²) in [5.74, 6) is -1.75. The topological polar surface area (TPSA) is 139 Å². The lowest BCUT2D eigenvalue weighted by Crippen LogP contribution is -2.36. The maximum absolute atomic E-state index is 12.7. The first-order chi connectivity index (χ1) is 17.2. The van der Waals surface area contributed by atoms with E-state index in [1.165, 1.54) is 6.33 Å². The molecule has 1 atom stereocenters. The summed E-state index contributed by atoms with van der Waals surface area (Å²) in [5.41, 5.74) is 11.5. The van der Waals surface area contributed by atoms with Crippen molar-refractivity contribution in [3.05, 3.63) is 93.6 Å². The molecule has 0 spiro atoms. The van der Waals surface area contributed by atoms with Crippen LogP contribution in [0.1, 0.15) is 66.8 Å². The van der Waals surface area contributed by atoms with Crippen molar-refractivity contribution in [1.82, 2.24) is 20.2 Å². The lowest BCUT2D eigenvalue weighted by molar-refractivity contribution is -0.119. The number of aromatic nitrogens is 2. The lowest BCUT2D eigenvalue weighted by Gasteiger charge is -2.28. The Balaban J connectivity index is 1.52. The second kappa shape index (κ2) is 10.7. The number of fused-ring (bicyclic) bond motifs is 1. The number of carboxylic acids is 1. The van der Waals surface area contributed by atoms with Gasteiger partial charge in [-0.1, -0.05) is 35.9 Å². The molecule has 1 heterocycles. The Bertz CT molecular complexity index is 1320. The number of primary amides is 1. The van der Waals surface area contributed by atoms with Crippen LogP contribution in [-0.4, -0.2) is 44.3 Å². The smallest absolute Gasteiger partial charge is 0.335 e.